The van der Waals surface area contributed by atoms with E-state index in [1.54, 1.807) is 6.07 Å². The molecule has 142 valence electrons. The minimum absolute atomic E-state index is 0. The second-order valence-electron chi connectivity index (χ2n) is 7.64. The summed E-state index contributed by atoms with van der Waals surface area (Å²) < 4.78 is 5.40. The number of aromatic nitrogens is 1. The zero-order valence-electron chi connectivity index (χ0n) is 15.9. The van der Waals surface area contributed by atoms with Crippen molar-refractivity contribution >= 4 is 18.3 Å². The predicted octanol–water partition coefficient (Wildman–Crippen LogP) is 3.74. The molecule has 0 aliphatic carbocycles. The molecular weight excluding hydrogens is 350 g/mol. The first kappa shape index (κ1) is 20.5. The first-order valence-corrected chi connectivity index (χ1v) is 8.98. The average molecular weight is 378 g/mol. The van der Waals surface area contributed by atoms with Crippen LogP contribution >= 0.6 is 12.4 Å². The smallest absolute Gasteiger partial charge is 0.276 e. The Morgan fingerprint density at radius 3 is 2.58 bits per heavy atom. The molecule has 1 aliphatic heterocycles. The van der Waals surface area contributed by atoms with Crippen molar-refractivity contribution in [1.82, 2.24) is 15.4 Å². The predicted molar refractivity (Wildman–Crippen MR) is 105 cm³/mol. The highest BCUT2D eigenvalue weighted by molar-refractivity contribution is 5.92. The van der Waals surface area contributed by atoms with Crippen LogP contribution < -0.4 is 5.32 Å². The highest BCUT2D eigenvalue weighted by Gasteiger charge is 2.31. The molecule has 1 saturated heterocycles. The third-order valence-electron chi connectivity index (χ3n) is 4.75. The largest absolute Gasteiger partial charge is 0.360 e. The van der Waals surface area contributed by atoms with Gasteiger partial charge in [0.2, 0.25) is 0 Å². The Balaban J connectivity index is 0.00000243. The number of benzene rings is 1. The molecule has 1 N–H and O–H groups in total. The molecule has 2 heterocycles. The summed E-state index contributed by atoms with van der Waals surface area (Å²) in [6.45, 7) is 10.5. The molecule has 1 atom stereocenters. The van der Waals surface area contributed by atoms with E-state index < -0.39 is 0 Å². The number of halogens is 1. The lowest BCUT2D eigenvalue weighted by Gasteiger charge is -2.36. The number of hydrogen-bond donors (Lipinski definition) is 1. The van der Waals surface area contributed by atoms with E-state index >= 15 is 0 Å². The minimum Gasteiger partial charge on any atom is -0.360 e. The van der Waals surface area contributed by atoms with Crippen LogP contribution in [0.15, 0.2) is 34.9 Å². The zero-order chi connectivity index (χ0) is 18.0. The Bertz CT molecular complexity index is 734. The first-order valence-electron chi connectivity index (χ1n) is 8.98. The average Bonchev–Trinajstić information content (AvgIpc) is 3.12. The van der Waals surface area contributed by atoms with Gasteiger partial charge in [-0.15, -0.1) is 12.4 Å². The van der Waals surface area contributed by atoms with Gasteiger partial charge in [0, 0.05) is 31.1 Å². The summed E-state index contributed by atoms with van der Waals surface area (Å²) in [6.07, 6.45) is 1.01. The quantitative estimate of drug-likeness (QED) is 0.885. The van der Waals surface area contributed by atoms with Crippen molar-refractivity contribution in [2.75, 3.05) is 19.6 Å². The zero-order valence-corrected chi connectivity index (χ0v) is 16.7. The Hall–Kier alpha value is -1.85. The lowest BCUT2D eigenvalue weighted by molar-refractivity contribution is 0.0623. The molecule has 1 aromatic carbocycles. The third kappa shape index (κ3) is 4.27. The van der Waals surface area contributed by atoms with Gasteiger partial charge in [-0.25, -0.2) is 0 Å². The van der Waals surface area contributed by atoms with E-state index in [9.17, 15) is 4.79 Å². The van der Waals surface area contributed by atoms with Gasteiger partial charge in [0.1, 0.15) is 5.76 Å². The molecule has 6 heteroatoms. The van der Waals surface area contributed by atoms with E-state index in [2.05, 4.69) is 41.7 Å². The molecule has 0 spiro atoms. The molecule has 5 nitrogen and oxygen atoms in total. The molecule has 0 radical (unpaired) electrons. The molecular formula is C20H28ClN3O2. The minimum atomic E-state index is -0.162. The van der Waals surface area contributed by atoms with Crippen molar-refractivity contribution in [2.45, 2.75) is 45.6 Å². The van der Waals surface area contributed by atoms with Crippen LogP contribution in [0.2, 0.25) is 0 Å². The molecule has 1 unspecified atom stereocenters. The molecule has 0 bridgehead atoms. The highest BCUT2D eigenvalue weighted by atomic mass is 35.5. The van der Waals surface area contributed by atoms with Gasteiger partial charge in [0.25, 0.3) is 5.91 Å². The highest BCUT2D eigenvalue weighted by Crippen LogP contribution is 2.27. The molecule has 0 saturated carbocycles. The van der Waals surface area contributed by atoms with Crippen LogP contribution in [-0.2, 0) is 11.8 Å². The summed E-state index contributed by atoms with van der Waals surface area (Å²) in [5.74, 6) is 0.667. The van der Waals surface area contributed by atoms with Crippen molar-refractivity contribution in [3.8, 4) is 0 Å². The first-order chi connectivity index (χ1) is 11.9. The fraction of sp³-hybridized carbons (Fsp3) is 0.500. The number of aryl methyl sites for hydroxylation is 1. The van der Waals surface area contributed by atoms with Crippen molar-refractivity contribution in [2.24, 2.45) is 0 Å². The molecule has 1 fully saturated rings. The Kier molecular flexibility index (Phi) is 6.48. The van der Waals surface area contributed by atoms with Crippen molar-refractivity contribution < 1.29 is 9.32 Å². The van der Waals surface area contributed by atoms with Crippen LogP contribution in [0.3, 0.4) is 0 Å². The van der Waals surface area contributed by atoms with E-state index in [0.717, 1.165) is 30.8 Å². The maximum absolute atomic E-state index is 13.0. The fourth-order valence-corrected chi connectivity index (χ4v) is 3.10. The second kappa shape index (κ2) is 8.23. The maximum atomic E-state index is 13.0. The number of nitrogens with zero attached hydrogens (tertiary/aromatic N) is 2. The van der Waals surface area contributed by atoms with E-state index in [1.807, 2.05) is 25.7 Å². The molecule has 1 amide bonds. The SMILES string of the molecule is CCc1ccc(C2CNCCN2C(=O)c2cc(C(C)(C)C)on2)cc1.Cl. The van der Waals surface area contributed by atoms with E-state index in [4.69, 9.17) is 4.52 Å². The topological polar surface area (TPSA) is 58.4 Å². The fourth-order valence-electron chi connectivity index (χ4n) is 3.10. The summed E-state index contributed by atoms with van der Waals surface area (Å²) >= 11 is 0. The number of carbonyl (C=O) groups is 1. The summed E-state index contributed by atoms with van der Waals surface area (Å²) in [4.78, 5) is 14.9. The number of amides is 1. The summed E-state index contributed by atoms with van der Waals surface area (Å²) in [6, 6.07) is 10.3. The van der Waals surface area contributed by atoms with Gasteiger partial charge in [-0.05, 0) is 17.5 Å². The van der Waals surface area contributed by atoms with Gasteiger partial charge >= 0.3 is 0 Å². The molecule has 1 aromatic heterocycles. The van der Waals surface area contributed by atoms with Crippen LogP contribution in [0.4, 0.5) is 0 Å². The summed E-state index contributed by atoms with van der Waals surface area (Å²) in [7, 11) is 0. The van der Waals surface area contributed by atoms with Gasteiger partial charge in [-0.1, -0.05) is 57.1 Å². The lowest BCUT2D eigenvalue weighted by atomic mass is 9.93. The van der Waals surface area contributed by atoms with Crippen LogP contribution in [0.1, 0.15) is 61.1 Å². The van der Waals surface area contributed by atoms with Gasteiger partial charge in [0.05, 0.1) is 6.04 Å². The number of rotatable bonds is 3. The molecule has 3 rings (SSSR count). The van der Waals surface area contributed by atoms with Gasteiger partial charge in [0.15, 0.2) is 5.69 Å². The van der Waals surface area contributed by atoms with E-state index in [-0.39, 0.29) is 29.8 Å². The van der Waals surface area contributed by atoms with Crippen molar-refractivity contribution in [1.29, 1.82) is 0 Å². The van der Waals surface area contributed by atoms with E-state index in [0.29, 0.717) is 12.2 Å². The van der Waals surface area contributed by atoms with Crippen molar-refractivity contribution in [3.05, 3.63) is 52.9 Å². The Labute approximate surface area is 161 Å². The van der Waals surface area contributed by atoms with Gasteiger partial charge in [-0.2, -0.15) is 0 Å². The number of piperazine rings is 1. The number of carbonyl (C=O) groups excluding carboxylic acids is 1. The van der Waals surface area contributed by atoms with Crippen LogP contribution in [0.5, 0.6) is 0 Å². The Morgan fingerprint density at radius 2 is 2.00 bits per heavy atom. The standard InChI is InChI=1S/C20H27N3O2.ClH/c1-5-14-6-8-15(9-7-14)17-13-21-10-11-23(17)19(24)16-12-18(25-22-16)20(2,3)4;/h6-9,12,17,21H,5,10-11,13H2,1-4H3;1H. The summed E-state index contributed by atoms with van der Waals surface area (Å²) in [5, 5.41) is 7.42. The lowest BCUT2D eigenvalue weighted by Crippen LogP contribution is -2.48. The second-order valence-corrected chi connectivity index (χ2v) is 7.64. The van der Waals surface area contributed by atoms with Crippen LogP contribution in [-0.4, -0.2) is 35.6 Å². The maximum Gasteiger partial charge on any atom is 0.276 e. The Morgan fingerprint density at radius 1 is 1.31 bits per heavy atom. The van der Waals surface area contributed by atoms with Crippen molar-refractivity contribution in [3.63, 3.8) is 0 Å². The summed E-state index contributed by atoms with van der Waals surface area (Å²) in [5.41, 5.74) is 2.68. The van der Waals surface area contributed by atoms with E-state index in [1.165, 1.54) is 5.56 Å². The molecule has 26 heavy (non-hydrogen) atoms. The number of hydrogen-bond acceptors (Lipinski definition) is 4. The van der Waals surface area contributed by atoms with Crippen LogP contribution in [0.25, 0.3) is 0 Å². The van der Waals surface area contributed by atoms with Gasteiger partial charge in [-0.3, -0.25) is 4.79 Å². The monoisotopic (exact) mass is 377 g/mol. The van der Waals surface area contributed by atoms with Crippen LogP contribution in [0, 0.1) is 0 Å². The normalized spacial score (nSPS) is 17.7. The molecule has 2 aromatic rings. The third-order valence-corrected chi connectivity index (χ3v) is 4.75. The van der Waals surface area contributed by atoms with Gasteiger partial charge < -0.3 is 14.7 Å². The molecule has 1 aliphatic rings. The number of nitrogens with one attached hydrogen (secondary N) is 1.